The molecule has 19 heavy (non-hydrogen) atoms. The summed E-state index contributed by atoms with van der Waals surface area (Å²) < 4.78 is 16.7. The lowest BCUT2D eigenvalue weighted by Crippen LogP contribution is -2.52. The molecule has 2 heterocycles. The topological polar surface area (TPSA) is 53.7 Å². The number of rotatable bonds is 4. The smallest absolute Gasteiger partial charge is 0.161 e. The summed E-state index contributed by atoms with van der Waals surface area (Å²) in [5.41, 5.74) is 7.08. The Morgan fingerprint density at radius 1 is 1.21 bits per heavy atom. The summed E-state index contributed by atoms with van der Waals surface area (Å²) in [6.45, 7) is 5.77. The SMILES string of the molecule is CC(CCN)C1(c2ccc3c(c2)OCCO3)COC1. The predicted octanol–water partition coefficient (Wildman–Crippen LogP) is 1.71. The van der Waals surface area contributed by atoms with Gasteiger partial charge in [-0.15, -0.1) is 0 Å². The third-order valence-corrected chi connectivity index (χ3v) is 4.38. The number of hydrogen-bond donors (Lipinski definition) is 1. The summed E-state index contributed by atoms with van der Waals surface area (Å²) in [4.78, 5) is 0. The van der Waals surface area contributed by atoms with E-state index in [0.29, 0.717) is 25.7 Å². The van der Waals surface area contributed by atoms with Crippen LogP contribution in [0.25, 0.3) is 0 Å². The van der Waals surface area contributed by atoms with Gasteiger partial charge in [-0.25, -0.2) is 0 Å². The second kappa shape index (κ2) is 5.02. The molecular formula is C15H21NO3. The molecule has 0 radical (unpaired) electrons. The predicted molar refractivity (Wildman–Crippen MR) is 72.8 cm³/mol. The van der Waals surface area contributed by atoms with Crippen LogP contribution in [0.4, 0.5) is 0 Å². The van der Waals surface area contributed by atoms with E-state index in [1.54, 1.807) is 0 Å². The van der Waals surface area contributed by atoms with Gasteiger partial charge in [-0.1, -0.05) is 13.0 Å². The molecule has 2 N–H and O–H groups in total. The molecule has 0 spiro atoms. The van der Waals surface area contributed by atoms with Gasteiger partial charge in [-0.2, -0.15) is 0 Å². The second-order valence-corrected chi connectivity index (χ2v) is 5.49. The number of ether oxygens (including phenoxy) is 3. The number of fused-ring (bicyclic) bond motifs is 1. The van der Waals surface area contributed by atoms with Gasteiger partial charge < -0.3 is 19.9 Å². The lowest BCUT2D eigenvalue weighted by molar-refractivity contribution is -0.0884. The van der Waals surface area contributed by atoms with Crippen molar-refractivity contribution in [2.45, 2.75) is 18.8 Å². The van der Waals surface area contributed by atoms with E-state index in [-0.39, 0.29) is 5.41 Å². The third-order valence-electron chi connectivity index (χ3n) is 4.38. The zero-order chi connectivity index (χ0) is 13.3. The summed E-state index contributed by atoms with van der Waals surface area (Å²) in [6.07, 6.45) is 1.01. The molecule has 104 valence electrons. The highest BCUT2D eigenvalue weighted by Crippen LogP contribution is 2.44. The minimum atomic E-state index is 0.0925. The maximum Gasteiger partial charge on any atom is 0.161 e. The summed E-state index contributed by atoms with van der Waals surface area (Å²) in [5, 5.41) is 0. The lowest BCUT2D eigenvalue weighted by atomic mass is 9.68. The minimum Gasteiger partial charge on any atom is -0.486 e. The van der Waals surface area contributed by atoms with Crippen LogP contribution in [0.5, 0.6) is 11.5 Å². The molecule has 1 saturated heterocycles. The zero-order valence-corrected chi connectivity index (χ0v) is 11.4. The van der Waals surface area contributed by atoms with Crippen LogP contribution in [0.15, 0.2) is 18.2 Å². The average Bonchev–Trinajstić information content (AvgIpc) is 2.38. The Morgan fingerprint density at radius 3 is 2.58 bits per heavy atom. The van der Waals surface area contributed by atoms with Crippen molar-refractivity contribution < 1.29 is 14.2 Å². The molecular weight excluding hydrogens is 242 g/mol. The summed E-state index contributed by atoms with van der Waals surface area (Å²) >= 11 is 0. The van der Waals surface area contributed by atoms with Crippen LogP contribution >= 0.6 is 0 Å². The van der Waals surface area contributed by atoms with E-state index in [1.165, 1.54) is 5.56 Å². The van der Waals surface area contributed by atoms with E-state index in [1.807, 2.05) is 6.07 Å². The maximum absolute atomic E-state index is 5.71. The van der Waals surface area contributed by atoms with Crippen molar-refractivity contribution in [1.29, 1.82) is 0 Å². The first-order chi connectivity index (χ1) is 9.26. The summed E-state index contributed by atoms with van der Waals surface area (Å²) in [5.74, 6) is 2.21. The molecule has 1 unspecified atom stereocenters. The van der Waals surface area contributed by atoms with Gasteiger partial charge in [0.05, 0.1) is 13.2 Å². The van der Waals surface area contributed by atoms with E-state index in [2.05, 4.69) is 19.1 Å². The number of benzene rings is 1. The van der Waals surface area contributed by atoms with Crippen LogP contribution in [0.2, 0.25) is 0 Å². The molecule has 0 saturated carbocycles. The Labute approximate surface area is 113 Å². The van der Waals surface area contributed by atoms with E-state index in [9.17, 15) is 0 Å². The monoisotopic (exact) mass is 263 g/mol. The van der Waals surface area contributed by atoms with Crippen LogP contribution in [0.1, 0.15) is 18.9 Å². The average molecular weight is 263 g/mol. The molecule has 1 atom stereocenters. The Kier molecular flexibility index (Phi) is 3.37. The van der Waals surface area contributed by atoms with Gasteiger partial charge in [0, 0.05) is 5.41 Å². The molecule has 2 aliphatic rings. The quantitative estimate of drug-likeness (QED) is 0.898. The molecule has 4 heteroatoms. The van der Waals surface area contributed by atoms with Gasteiger partial charge in [0.2, 0.25) is 0 Å². The van der Waals surface area contributed by atoms with E-state index < -0.39 is 0 Å². The molecule has 1 aromatic rings. The van der Waals surface area contributed by atoms with E-state index in [0.717, 1.165) is 31.1 Å². The second-order valence-electron chi connectivity index (χ2n) is 5.49. The molecule has 2 aliphatic heterocycles. The van der Waals surface area contributed by atoms with Crippen molar-refractivity contribution in [3.8, 4) is 11.5 Å². The zero-order valence-electron chi connectivity index (χ0n) is 11.4. The Balaban J connectivity index is 1.91. The fourth-order valence-electron chi connectivity index (χ4n) is 2.94. The van der Waals surface area contributed by atoms with Crippen LogP contribution in [-0.2, 0) is 10.2 Å². The van der Waals surface area contributed by atoms with Crippen molar-refractivity contribution in [2.24, 2.45) is 11.7 Å². The van der Waals surface area contributed by atoms with Crippen LogP contribution < -0.4 is 15.2 Å². The molecule has 0 aliphatic carbocycles. The van der Waals surface area contributed by atoms with Crippen LogP contribution in [-0.4, -0.2) is 33.0 Å². The number of nitrogens with two attached hydrogens (primary N) is 1. The highest BCUT2D eigenvalue weighted by molar-refractivity contribution is 5.47. The van der Waals surface area contributed by atoms with Crippen LogP contribution in [0.3, 0.4) is 0 Å². The molecule has 0 amide bonds. The highest BCUT2D eigenvalue weighted by atomic mass is 16.6. The van der Waals surface area contributed by atoms with Gasteiger partial charge in [-0.05, 0) is 36.6 Å². The lowest BCUT2D eigenvalue weighted by Gasteiger charge is -2.47. The standard InChI is InChI=1S/C15H21NO3/c1-11(4-5-16)15(9-17-10-15)12-2-3-13-14(8-12)19-7-6-18-13/h2-3,8,11H,4-7,9-10,16H2,1H3. The maximum atomic E-state index is 5.71. The Bertz CT molecular complexity index is 457. The highest BCUT2D eigenvalue weighted by Gasteiger charge is 2.45. The summed E-state index contributed by atoms with van der Waals surface area (Å²) in [7, 11) is 0. The Morgan fingerprint density at radius 2 is 1.95 bits per heavy atom. The molecule has 1 aromatic carbocycles. The largest absolute Gasteiger partial charge is 0.486 e. The molecule has 1 fully saturated rings. The minimum absolute atomic E-state index is 0.0925. The summed E-state index contributed by atoms with van der Waals surface area (Å²) in [6, 6.07) is 6.27. The first-order valence-corrected chi connectivity index (χ1v) is 6.94. The van der Waals surface area contributed by atoms with Gasteiger partial charge in [0.1, 0.15) is 13.2 Å². The van der Waals surface area contributed by atoms with Crippen molar-refractivity contribution in [3.63, 3.8) is 0 Å². The van der Waals surface area contributed by atoms with Crippen molar-refractivity contribution >= 4 is 0 Å². The van der Waals surface area contributed by atoms with Gasteiger partial charge in [0.25, 0.3) is 0 Å². The van der Waals surface area contributed by atoms with Crippen molar-refractivity contribution in [3.05, 3.63) is 23.8 Å². The molecule has 0 aromatic heterocycles. The number of hydrogen-bond acceptors (Lipinski definition) is 4. The van der Waals surface area contributed by atoms with Crippen LogP contribution in [0, 0.1) is 5.92 Å². The van der Waals surface area contributed by atoms with Crippen molar-refractivity contribution in [1.82, 2.24) is 0 Å². The molecule has 3 rings (SSSR count). The first-order valence-electron chi connectivity index (χ1n) is 6.94. The van der Waals surface area contributed by atoms with Gasteiger partial charge in [-0.3, -0.25) is 0 Å². The van der Waals surface area contributed by atoms with E-state index >= 15 is 0 Å². The van der Waals surface area contributed by atoms with Gasteiger partial charge >= 0.3 is 0 Å². The fourth-order valence-corrected chi connectivity index (χ4v) is 2.94. The normalized spacial score (nSPS) is 21.6. The van der Waals surface area contributed by atoms with Gasteiger partial charge in [0.15, 0.2) is 11.5 Å². The molecule has 4 nitrogen and oxygen atoms in total. The molecule has 0 bridgehead atoms. The van der Waals surface area contributed by atoms with E-state index in [4.69, 9.17) is 19.9 Å². The third kappa shape index (κ3) is 2.09. The van der Waals surface area contributed by atoms with Crippen molar-refractivity contribution in [2.75, 3.05) is 33.0 Å². The Hall–Kier alpha value is -1.26. The fraction of sp³-hybridized carbons (Fsp3) is 0.600. The first kappa shape index (κ1) is 12.8.